The summed E-state index contributed by atoms with van der Waals surface area (Å²) < 4.78 is 58.8. The number of esters is 1. The van der Waals surface area contributed by atoms with Gasteiger partial charge in [-0.05, 0) is 18.9 Å². The first-order valence-corrected chi connectivity index (χ1v) is 8.28. The maximum Gasteiger partial charge on any atom is 0.342 e. The van der Waals surface area contributed by atoms with Gasteiger partial charge in [0.2, 0.25) is 6.10 Å². The maximum atomic E-state index is 13.9. The fourth-order valence-electron chi connectivity index (χ4n) is 2.88. The highest BCUT2D eigenvalue weighted by molar-refractivity contribution is 5.93. The molecule has 0 saturated carbocycles. The van der Waals surface area contributed by atoms with Gasteiger partial charge in [-0.3, -0.25) is 4.79 Å². The van der Waals surface area contributed by atoms with Crippen LogP contribution in [-0.4, -0.2) is 29.9 Å². The minimum absolute atomic E-state index is 0.207. The molecular formula is C19H15F4NO3. The van der Waals surface area contributed by atoms with Crippen LogP contribution in [-0.2, 0) is 9.53 Å². The fraction of sp³-hybridized carbons (Fsp3) is 0.263. The summed E-state index contributed by atoms with van der Waals surface area (Å²) in [5, 5.41) is 0. The first-order valence-electron chi connectivity index (χ1n) is 8.28. The number of amides is 1. The molecule has 3 rings (SSSR count). The molecule has 0 aliphatic carbocycles. The molecule has 1 aliphatic rings. The van der Waals surface area contributed by atoms with Gasteiger partial charge in [-0.15, -0.1) is 0 Å². The van der Waals surface area contributed by atoms with Gasteiger partial charge in [-0.25, -0.2) is 22.4 Å². The minimum Gasteiger partial charge on any atom is -0.444 e. The maximum absolute atomic E-state index is 13.9. The lowest BCUT2D eigenvalue weighted by Crippen LogP contribution is -2.35. The Bertz CT molecular complexity index is 867. The predicted molar refractivity (Wildman–Crippen MR) is 86.7 cm³/mol. The van der Waals surface area contributed by atoms with Crippen LogP contribution in [0.4, 0.5) is 17.6 Å². The third-order valence-electron chi connectivity index (χ3n) is 4.29. The number of ether oxygens (including phenoxy) is 1. The average molecular weight is 381 g/mol. The van der Waals surface area contributed by atoms with Crippen molar-refractivity contribution >= 4 is 11.9 Å². The van der Waals surface area contributed by atoms with E-state index >= 15 is 0 Å². The van der Waals surface area contributed by atoms with E-state index in [4.69, 9.17) is 4.74 Å². The van der Waals surface area contributed by atoms with Gasteiger partial charge in [0.05, 0.1) is 0 Å². The highest BCUT2D eigenvalue weighted by Gasteiger charge is 2.33. The van der Waals surface area contributed by atoms with Gasteiger partial charge < -0.3 is 9.64 Å². The Morgan fingerprint density at radius 3 is 2.19 bits per heavy atom. The van der Waals surface area contributed by atoms with Crippen molar-refractivity contribution in [3.8, 4) is 0 Å². The second kappa shape index (κ2) is 7.77. The molecule has 1 heterocycles. The Hall–Kier alpha value is -2.90. The van der Waals surface area contributed by atoms with Crippen molar-refractivity contribution in [2.24, 2.45) is 0 Å². The van der Waals surface area contributed by atoms with E-state index in [0.717, 1.165) is 12.8 Å². The minimum atomic E-state index is -2.12. The Kier molecular flexibility index (Phi) is 5.43. The highest BCUT2D eigenvalue weighted by Crippen LogP contribution is 2.26. The zero-order valence-electron chi connectivity index (χ0n) is 14.1. The van der Waals surface area contributed by atoms with Gasteiger partial charge in [0.1, 0.15) is 5.56 Å². The molecule has 1 atom stereocenters. The summed E-state index contributed by atoms with van der Waals surface area (Å²) in [6.45, 7) is 0.960. The molecule has 2 aromatic rings. The smallest absolute Gasteiger partial charge is 0.342 e. The Balaban J connectivity index is 1.92. The molecule has 0 aromatic heterocycles. The average Bonchev–Trinajstić information content (AvgIpc) is 3.22. The number of halogens is 4. The summed E-state index contributed by atoms with van der Waals surface area (Å²) in [6.07, 6.45) is 0.182. The molecule has 1 fully saturated rings. The summed E-state index contributed by atoms with van der Waals surface area (Å²) in [7, 11) is 0. The molecule has 4 nitrogen and oxygen atoms in total. The van der Waals surface area contributed by atoms with Crippen LogP contribution < -0.4 is 0 Å². The summed E-state index contributed by atoms with van der Waals surface area (Å²) in [6, 6.07) is 8.20. The van der Waals surface area contributed by atoms with Crippen LogP contribution in [0.15, 0.2) is 36.4 Å². The molecule has 1 saturated heterocycles. The fourth-order valence-corrected chi connectivity index (χ4v) is 2.88. The van der Waals surface area contributed by atoms with E-state index in [1.54, 1.807) is 18.2 Å². The Labute approximate surface area is 152 Å². The number of benzene rings is 2. The van der Waals surface area contributed by atoms with Crippen molar-refractivity contribution in [3.05, 3.63) is 70.8 Å². The van der Waals surface area contributed by atoms with Gasteiger partial charge in [0.25, 0.3) is 5.91 Å². The monoisotopic (exact) mass is 381 g/mol. The number of carbonyl (C=O) groups is 2. The molecule has 0 bridgehead atoms. The molecule has 1 aliphatic heterocycles. The molecule has 0 radical (unpaired) electrons. The SMILES string of the molecule is O=C(O[C@H](C(=O)N1CCCC1)c1ccccc1)c1cc(F)c(F)c(F)c1F. The molecular weight excluding hydrogens is 366 g/mol. The summed E-state index contributed by atoms with van der Waals surface area (Å²) >= 11 is 0. The van der Waals surface area contributed by atoms with Crippen molar-refractivity contribution in [3.63, 3.8) is 0 Å². The van der Waals surface area contributed by atoms with E-state index < -0.39 is 46.8 Å². The summed E-state index contributed by atoms with van der Waals surface area (Å²) in [4.78, 5) is 26.5. The third kappa shape index (κ3) is 3.79. The van der Waals surface area contributed by atoms with E-state index in [1.165, 1.54) is 17.0 Å². The number of hydrogen-bond acceptors (Lipinski definition) is 3. The number of likely N-dealkylation sites (tertiary alicyclic amines) is 1. The summed E-state index contributed by atoms with van der Waals surface area (Å²) in [5.41, 5.74) is -0.798. The number of nitrogens with zero attached hydrogens (tertiary/aromatic N) is 1. The topological polar surface area (TPSA) is 46.6 Å². The van der Waals surface area contributed by atoms with E-state index in [2.05, 4.69) is 0 Å². The second-order valence-electron chi connectivity index (χ2n) is 6.08. The number of carbonyl (C=O) groups excluding carboxylic acids is 2. The van der Waals surface area contributed by atoms with Crippen LogP contribution in [0.3, 0.4) is 0 Å². The molecule has 0 unspecified atom stereocenters. The van der Waals surface area contributed by atoms with E-state index in [1.807, 2.05) is 0 Å². The van der Waals surface area contributed by atoms with Crippen molar-refractivity contribution in [2.75, 3.05) is 13.1 Å². The highest BCUT2D eigenvalue weighted by atomic mass is 19.2. The van der Waals surface area contributed by atoms with Gasteiger partial charge in [0.15, 0.2) is 23.3 Å². The zero-order valence-corrected chi connectivity index (χ0v) is 14.1. The quantitative estimate of drug-likeness (QED) is 0.351. The standard InChI is InChI=1S/C19H15F4NO3/c20-13-10-12(14(21)16(23)15(13)22)19(26)27-17(11-6-2-1-3-7-11)18(25)24-8-4-5-9-24/h1-3,6-7,10,17H,4-5,8-9H2/t17-/m0/s1. The van der Waals surface area contributed by atoms with Crippen molar-refractivity contribution in [2.45, 2.75) is 18.9 Å². The van der Waals surface area contributed by atoms with Crippen molar-refractivity contribution in [1.29, 1.82) is 0 Å². The molecule has 2 aromatic carbocycles. The molecule has 8 heteroatoms. The Morgan fingerprint density at radius 1 is 0.926 bits per heavy atom. The molecule has 0 spiro atoms. The van der Waals surface area contributed by atoms with Crippen LogP contribution in [0.5, 0.6) is 0 Å². The first-order chi connectivity index (χ1) is 12.9. The van der Waals surface area contributed by atoms with Gasteiger partial charge in [0, 0.05) is 18.7 Å². The van der Waals surface area contributed by atoms with Crippen LogP contribution >= 0.6 is 0 Å². The molecule has 0 N–H and O–H groups in total. The largest absolute Gasteiger partial charge is 0.444 e. The first kappa shape index (κ1) is 18.9. The van der Waals surface area contributed by atoms with Crippen molar-refractivity contribution < 1.29 is 31.9 Å². The lowest BCUT2D eigenvalue weighted by Gasteiger charge is -2.23. The molecule has 27 heavy (non-hydrogen) atoms. The lowest BCUT2D eigenvalue weighted by molar-refractivity contribution is -0.140. The van der Waals surface area contributed by atoms with Crippen LogP contribution in [0.25, 0.3) is 0 Å². The zero-order chi connectivity index (χ0) is 19.6. The van der Waals surface area contributed by atoms with Crippen molar-refractivity contribution in [1.82, 2.24) is 4.90 Å². The molecule has 1 amide bonds. The Morgan fingerprint density at radius 2 is 1.56 bits per heavy atom. The van der Waals surface area contributed by atoms with Gasteiger partial charge >= 0.3 is 5.97 Å². The summed E-state index contributed by atoms with van der Waals surface area (Å²) in [5.74, 6) is -9.74. The number of rotatable bonds is 4. The van der Waals surface area contributed by atoms with Gasteiger partial charge in [-0.1, -0.05) is 30.3 Å². The van der Waals surface area contributed by atoms with E-state index in [9.17, 15) is 27.2 Å². The number of hydrogen-bond donors (Lipinski definition) is 0. The third-order valence-corrected chi connectivity index (χ3v) is 4.29. The second-order valence-corrected chi connectivity index (χ2v) is 6.08. The van der Waals surface area contributed by atoms with Crippen LogP contribution in [0.1, 0.15) is 34.9 Å². The van der Waals surface area contributed by atoms with E-state index in [-0.39, 0.29) is 6.07 Å². The normalized spacial score (nSPS) is 14.9. The van der Waals surface area contributed by atoms with Crippen LogP contribution in [0, 0.1) is 23.3 Å². The molecule has 142 valence electrons. The van der Waals surface area contributed by atoms with Gasteiger partial charge in [-0.2, -0.15) is 0 Å². The van der Waals surface area contributed by atoms with Crippen LogP contribution in [0.2, 0.25) is 0 Å². The van der Waals surface area contributed by atoms with E-state index in [0.29, 0.717) is 18.7 Å². The predicted octanol–water partition coefficient (Wildman–Crippen LogP) is 3.76. The lowest BCUT2D eigenvalue weighted by atomic mass is 10.1.